The van der Waals surface area contributed by atoms with Gasteiger partial charge in [0.2, 0.25) is 0 Å². The summed E-state index contributed by atoms with van der Waals surface area (Å²) in [7, 11) is 0. The minimum atomic E-state index is -0.165. The molecule has 3 heteroatoms. The number of fused-ring (bicyclic) bond motifs is 5. The number of Topliss-reactive ketones (excluding diaryl/α,β-unsaturated/α-hetero) is 1. The van der Waals surface area contributed by atoms with Gasteiger partial charge in [-0.15, -0.1) is 0 Å². The maximum atomic E-state index is 13.2. The molecule has 0 amide bonds. The van der Waals surface area contributed by atoms with E-state index in [9.17, 15) is 4.79 Å². The highest BCUT2D eigenvalue weighted by molar-refractivity contribution is 5.87. The fraction of sp³-hybridized carbons (Fsp3) is 0.550. The lowest BCUT2D eigenvalue weighted by Crippen LogP contribution is -2.37. The van der Waals surface area contributed by atoms with E-state index >= 15 is 0 Å². The molecule has 3 unspecified atom stereocenters. The summed E-state index contributed by atoms with van der Waals surface area (Å²) in [6.07, 6.45) is 7.83. The maximum absolute atomic E-state index is 13.2. The summed E-state index contributed by atoms with van der Waals surface area (Å²) in [5.74, 6) is 0.577. The van der Waals surface area contributed by atoms with Gasteiger partial charge in [0.25, 0.3) is 0 Å². The van der Waals surface area contributed by atoms with Gasteiger partial charge in [0.15, 0.2) is 0 Å². The van der Waals surface area contributed by atoms with E-state index in [0.717, 1.165) is 24.7 Å². The maximum Gasteiger partial charge on any atom is 0.141 e. The summed E-state index contributed by atoms with van der Waals surface area (Å²) in [4.78, 5) is 16.8. The van der Waals surface area contributed by atoms with Gasteiger partial charge < -0.3 is 10.3 Å². The number of rotatable bonds is 2. The molecule has 124 valence electrons. The van der Waals surface area contributed by atoms with Gasteiger partial charge in [-0.05, 0) is 37.9 Å². The average Bonchev–Trinajstić information content (AvgIpc) is 2.76. The summed E-state index contributed by atoms with van der Waals surface area (Å²) in [5.41, 5.74) is 2.36. The molecule has 1 fully saturated rings. The molecule has 0 radical (unpaired) electrons. The van der Waals surface area contributed by atoms with Crippen molar-refractivity contribution in [3.05, 3.63) is 34.5 Å². The average molecular weight is 312 g/mol. The number of aromatic nitrogens is 1. The second-order valence-electron chi connectivity index (χ2n) is 7.34. The highest BCUT2D eigenvalue weighted by Gasteiger charge is 2.49. The predicted octanol–water partition coefficient (Wildman–Crippen LogP) is 2.32. The summed E-state index contributed by atoms with van der Waals surface area (Å²) >= 11 is 0. The van der Waals surface area contributed by atoms with Gasteiger partial charge in [-0.2, -0.15) is 0 Å². The topological polar surface area (TPSA) is 44.9 Å². The first-order chi connectivity index (χ1) is 11.0. The molecule has 3 rings (SSSR count). The molecule has 1 aromatic rings. The van der Waals surface area contributed by atoms with E-state index < -0.39 is 0 Å². The molecule has 1 aliphatic heterocycles. The Morgan fingerprint density at radius 1 is 1.39 bits per heavy atom. The number of allylic oxidation sites excluding steroid dienone is 1. The zero-order valence-electron chi connectivity index (χ0n) is 14.7. The van der Waals surface area contributed by atoms with Gasteiger partial charge in [-0.1, -0.05) is 39.5 Å². The zero-order valence-corrected chi connectivity index (χ0v) is 14.7. The van der Waals surface area contributed by atoms with Crippen LogP contribution in [0.25, 0.3) is 12.2 Å². The van der Waals surface area contributed by atoms with Gasteiger partial charge in [-0.25, -0.2) is 0 Å². The largest absolute Gasteiger partial charge is 0.358 e. The van der Waals surface area contributed by atoms with Crippen molar-refractivity contribution in [2.24, 2.45) is 11.8 Å². The third kappa shape index (κ3) is 2.25. The molecular weight excluding hydrogens is 284 g/mol. The lowest BCUT2D eigenvalue weighted by molar-refractivity contribution is -0.128. The number of ketones is 1. The van der Waals surface area contributed by atoms with E-state index in [4.69, 9.17) is 0 Å². The monoisotopic (exact) mass is 312 g/mol. The molecule has 1 saturated heterocycles. The van der Waals surface area contributed by atoms with E-state index in [1.807, 2.05) is 12.2 Å². The predicted molar refractivity (Wildman–Crippen MR) is 95.5 cm³/mol. The number of carbonyl (C=O) groups excluding carboxylic acids is 1. The third-order valence-electron chi connectivity index (χ3n) is 5.86. The standard InChI is InChI=1S/C20H28N2O/c1-6-9-15-12(7-2)16-17-13(8-3)18(23)14(10-11-21-17)20(4,5)19(16)22-15/h6-7,9,13-14,17,21-22H,1,8,10-11H2,2-5H3/b12-7+,15-9+. The van der Waals surface area contributed by atoms with Crippen LogP contribution in [0.1, 0.15) is 57.8 Å². The molecule has 0 saturated carbocycles. The summed E-state index contributed by atoms with van der Waals surface area (Å²) in [6, 6.07) is 0.115. The van der Waals surface area contributed by atoms with E-state index in [-0.39, 0.29) is 23.3 Å². The quantitative estimate of drug-likeness (QED) is 0.880. The van der Waals surface area contributed by atoms with Gasteiger partial charge in [0.05, 0.1) is 0 Å². The van der Waals surface area contributed by atoms with Crippen LogP contribution in [-0.2, 0) is 10.2 Å². The van der Waals surface area contributed by atoms with E-state index in [1.54, 1.807) is 0 Å². The number of hydrogen-bond acceptors (Lipinski definition) is 2. The summed E-state index contributed by atoms with van der Waals surface area (Å²) in [5, 5.41) is 6.00. The number of nitrogens with one attached hydrogen (secondary N) is 2. The smallest absolute Gasteiger partial charge is 0.141 e. The van der Waals surface area contributed by atoms with Crippen molar-refractivity contribution in [3.8, 4) is 0 Å². The lowest BCUT2D eigenvalue weighted by Gasteiger charge is -2.33. The van der Waals surface area contributed by atoms with E-state index in [1.165, 1.54) is 16.5 Å². The molecule has 23 heavy (non-hydrogen) atoms. The fourth-order valence-corrected chi connectivity index (χ4v) is 4.66. The Bertz CT molecular complexity index is 753. The summed E-state index contributed by atoms with van der Waals surface area (Å²) < 4.78 is 0. The first-order valence-electron chi connectivity index (χ1n) is 8.75. The first kappa shape index (κ1) is 16.3. The van der Waals surface area contributed by atoms with Crippen molar-refractivity contribution in [1.29, 1.82) is 0 Å². The molecule has 1 aliphatic carbocycles. The zero-order chi connectivity index (χ0) is 16.8. The van der Waals surface area contributed by atoms with Crippen LogP contribution in [0.3, 0.4) is 0 Å². The normalized spacial score (nSPS) is 31.0. The van der Waals surface area contributed by atoms with Gasteiger partial charge in [0, 0.05) is 39.6 Å². The van der Waals surface area contributed by atoms with Crippen LogP contribution in [0.4, 0.5) is 0 Å². The van der Waals surface area contributed by atoms with Crippen molar-refractivity contribution in [1.82, 2.24) is 10.3 Å². The minimum absolute atomic E-state index is 0.0640. The Kier molecular flexibility index (Phi) is 4.09. The van der Waals surface area contributed by atoms with Crippen molar-refractivity contribution in [2.75, 3.05) is 6.54 Å². The Morgan fingerprint density at radius 2 is 2.13 bits per heavy atom. The summed E-state index contributed by atoms with van der Waals surface area (Å²) in [6.45, 7) is 13.4. The van der Waals surface area contributed by atoms with Crippen LogP contribution in [0.15, 0.2) is 12.7 Å². The van der Waals surface area contributed by atoms with Gasteiger partial charge in [-0.3, -0.25) is 4.79 Å². The molecule has 0 aromatic carbocycles. The molecule has 2 aliphatic rings. The number of H-pyrrole nitrogens is 1. The lowest BCUT2D eigenvalue weighted by atomic mass is 9.71. The van der Waals surface area contributed by atoms with Crippen molar-refractivity contribution in [2.45, 2.75) is 52.0 Å². The highest BCUT2D eigenvalue weighted by atomic mass is 16.1. The molecule has 2 bridgehead atoms. The number of carbonyl (C=O) groups is 1. The van der Waals surface area contributed by atoms with Crippen LogP contribution in [0.2, 0.25) is 0 Å². The van der Waals surface area contributed by atoms with Gasteiger partial charge >= 0.3 is 0 Å². The van der Waals surface area contributed by atoms with Crippen molar-refractivity contribution < 1.29 is 4.79 Å². The fourth-order valence-electron chi connectivity index (χ4n) is 4.66. The second-order valence-corrected chi connectivity index (χ2v) is 7.34. The molecule has 2 heterocycles. The SMILES string of the molecule is C=C/C=c1/[nH]c2c(/c1=C/C)C1NCCC(C(=O)C1CC)C2(C)C. The molecule has 2 N–H and O–H groups in total. The van der Waals surface area contributed by atoms with E-state index in [0.29, 0.717) is 5.78 Å². The first-order valence-corrected chi connectivity index (χ1v) is 8.75. The van der Waals surface area contributed by atoms with Crippen LogP contribution in [-0.4, -0.2) is 17.3 Å². The Labute approximate surface area is 138 Å². The van der Waals surface area contributed by atoms with Crippen LogP contribution in [0.5, 0.6) is 0 Å². The Hall–Kier alpha value is -1.61. The molecule has 1 aromatic heterocycles. The second kappa shape index (κ2) is 5.79. The van der Waals surface area contributed by atoms with Crippen molar-refractivity contribution >= 4 is 17.9 Å². The van der Waals surface area contributed by atoms with Crippen LogP contribution < -0.4 is 15.9 Å². The number of aromatic amines is 1. The molecular formula is C20H28N2O. The molecule has 3 atom stereocenters. The molecule has 0 spiro atoms. The van der Waals surface area contributed by atoms with Crippen molar-refractivity contribution in [3.63, 3.8) is 0 Å². The number of hydrogen-bond donors (Lipinski definition) is 2. The van der Waals surface area contributed by atoms with Crippen LogP contribution >= 0.6 is 0 Å². The van der Waals surface area contributed by atoms with Gasteiger partial charge in [0.1, 0.15) is 5.78 Å². The van der Waals surface area contributed by atoms with Crippen LogP contribution in [0, 0.1) is 11.8 Å². The third-order valence-corrected chi connectivity index (χ3v) is 5.86. The minimum Gasteiger partial charge on any atom is -0.358 e. The van der Waals surface area contributed by atoms with E-state index in [2.05, 4.69) is 50.7 Å². The Balaban J connectivity index is 2.41. The highest BCUT2D eigenvalue weighted by Crippen LogP contribution is 2.45. The Morgan fingerprint density at radius 3 is 2.74 bits per heavy atom. The molecule has 3 nitrogen and oxygen atoms in total.